The molecule has 0 N–H and O–H groups in total. The van der Waals surface area contributed by atoms with Gasteiger partial charge in [0.05, 0.1) is 20.0 Å². The highest BCUT2D eigenvalue weighted by Crippen LogP contribution is 2.11. The van der Waals surface area contributed by atoms with Gasteiger partial charge in [-0.1, -0.05) is 19.7 Å². The van der Waals surface area contributed by atoms with E-state index < -0.39 is 0 Å². The Morgan fingerprint density at radius 2 is 1.26 bits per heavy atom. The van der Waals surface area contributed by atoms with Crippen molar-refractivity contribution in [1.82, 2.24) is 14.7 Å². The van der Waals surface area contributed by atoms with Crippen molar-refractivity contribution in [2.45, 2.75) is 6.92 Å². The molecular formula is C13H17N3O3. The monoisotopic (exact) mass is 263 g/mol. The summed E-state index contributed by atoms with van der Waals surface area (Å²) in [5.41, 5.74) is 0.346. The maximum atomic E-state index is 11.9. The van der Waals surface area contributed by atoms with Crippen molar-refractivity contribution < 1.29 is 14.4 Å². The molecule has 102 valence electrons. The number of hydrogen-bond donors (Lipinski definition) is 0. The molecule has 19 heavy (non-hydrogen) atoms. The molecule has 1 aliphatic rings. The third-order valence-corrected chi connectivity index (χ3v) is 2.65. The summed E-state index contributed by atoms with van der Waals surface area (Å²) in [6, 6.07) is 0. The van der Waals surface area contributed by atoms with Crippen LogP contribution in [0.3, 0.4) is 0 Å². The smallest absolute Gasteiger partial charge is 0.251 e. The number of amides is 3. The fourth-order valence-corrected chi connectivity index (χ4v) is 1.69. The summed E-state index contributed by atoms with van der Waals surface area (Å²) in [6.45, 7) is 12.3. The van der Waals surface area contributed by atoms with Gasteiger partial charge >= 0.3 is 0 Å². The summed E-state index contributed by atoms with van der Waals surface area (Å²) in [6.07, 6.45) is 2.29. The second-order valence-electron chi connectivity index (χ2n) is 4.21. The molecule has 6 nitrogen and oxygen atoms in total. The molecule has 6 heteroatoms. The maximum Gasteiger partial charge on any atom is 0.251 e. The molecule has 0 aromatic heterocycles. The van der Waals surface area contributed by atoms with Crippen LogP contribution in [-0.2, 0) is 14.4 Å². The Morgan fingerprint density at radius 1 is 0.895 bits per heavy atom. The van der Waals surface area contributed by atoms with Crippen molar-refractivity contribution in [3.63, 3.8) is 0 Å². The highest BCUT2D eigenvalue weighted by atomic mass is 16.2. The summed E-state index contributed by atoms with van der Waals surface area (Å²) in [5, 5.41) is 0. The molecule has 0 spiro atoms. The molecule has 1 aliphatic heterocycles. The summed E-state index contributed by atoms with van der Waals surface area (Å²) in [4.78, 5) is 39.3. The normalized spacial score (nSPS) is 14.9. The predicted octanol–water partition coefficient (Wildman–Crippen LogP) is 0.306. The van der Waals surface area contributed by atoms with Crippen molar-refractivity contribution in [3.8, 4) is 0 Å². The first-order valence-electron chi connectivity index (χ1n) is 5.68. The molecule has 1 rings (SSSR count). The SMILES string of the molecule is C=CC(=O)N1CN(C(=O)C=C)CN(C(=O)C(=C)C)C1. The van der Waals surface area contributed by atoms with E-state index in [2.05, 4.69) is 19.7 Å². The van der Waals surface area contributed by atoms with E-state index in [1.807, 2.05) is 0 Å². The van der Waals surface area contributed by atoms with Crippen LogP contribution < -0.4 is 0 Å². The molecule has 0 radical (unpaired) electrons. The van der Waals surface area contributed by atoms with Crippen molar-refractivity contribution in [1.29, 1.82) is 0 Å². The zero-order valence-corrected chi connectivity index (χ0v) is 11.0. The maximum absolute atomic E-state index is 11.9. The van der Waals surface area contributed by atoms with Crippen LogP contribution in [0.15, 0.2) is 37.5 Å². The number of hydrogen-bond acceptors (Lipinski definition) is 3. The van der Waals surface area contributed by atoms with E-state index in [9.17, 15) is 14.4 Å². The van der Waals surface area contributed by atoms with Crippen LogP contribution in [0.4, 0.5) is 0 Å². The lowest BCUT2D eigenvalue weighted by Crippen LogP contribution is -2.59. The highest BCUT2D eigenvalue weighted by Gasteiger charge is 2.30. The van der Waals surface area contributed by atoms with Gasteiger partial charge in [-0.15, -0.1) is 0 Å². The van der Waals surface area contributed by atoms with Gasteiger partial charge in [0.2, 0.25) is 11.8 Å². The lowest BCUT2D eigenvalue weighted by molar-refractivity contribution is -0.152. The van der Waals surface area contributed by atoms with Crippen LogP contribution in [0.5, 0.6) is 0 Å². The molecule has 0 aromatic rings. The number of carbonyl (C=O) groups is 3. The van der Waals surface area contributed by atoms with Crippen molar-refractivity contribution in [2.75, 3.05) is 20.0 Å². The van der Waals surface area contributed by atoms with Crippen LogP contribution in [0.2, 0.25) is 0 Å². The zero-order chi connectivity index (χ0) is 14.6. The molecule has 0 aromatic carbocycles. The van der Waals surface area contributed by atoms with Gasteiger partial charge in [-0.25, -0.2) is 0 Å². The van der Waals surface area contributed by atoms with E-state index in [0.717, 1.165) is 12.2 Å². The fourth-order valence-electron chi connectivity index (χ4n) is 1.69. The predicted molar refractivity (Wildman–Crippen MR) is 70.3 cm³/mol. The quantitative estimate of drug-likeness (QED) is 0.688. The van der Waals surface area contributed by atoms with E-state index in [-0.39, 0.29) is 37.7 Å². The lowest BCUT2D eigenvalue weighted by atomic mass is 10.3. The van der Waals surface area contributed by atoms with Crippen molar-refractivity contribution in [2.24, 2.45) is 0 Å². The molecule has 1 fully saturated rings. The number of carbonyl (C=O) groups excluding carboxylic acids is 3. The Hall–Kier alpha value is -2.37. The zero-order valence-electron chi connectivity index (χ0n) is 11.0. The molecule has 1 heterocycles. The Kier molecular flexibility index (Phi) is 4.63. The van der Waals surface area contributed by atoms with Crippen LogP contribution >= 0.6 is 0 Å². The standard InChI is InChI=1S/C13H17N3O3/c1-5-11(17)14-7-15(12(18)6-2)9-16(8-14)13(19)10(3)4/h5-6H,1-3,7-9H2,4H3. The third-order valence-electron chi connectivity index (χ3n) is 2.65. The average molecular weight is 263 g/mol. The third kappa shape index (κ3) is 3.31. The highest BCUT2D eigenvalue weighted by molar-refractivity contribution is 5.94. The molecule has 0 unspecified atom stereocenters. The molecule has 0 bridgehead atoms. The Bertz CT molecular complexity index is 428. The second-order valence-corrected chi connectivity index (χ2v) is 4.21. The van der Waals surface area contributed by atoms with E-state index in [1.54, 1.807) is 6.92 Å². The number of rotatable bonds is 3. The van der Waals surface area contributed by atoms with Crippen LogP contribution in [-0.4, -0.2) is 52.4 Å². The Labute approximate surface area is 112 Å². The van der Waals surface area contributed by atoms with Gasteiger partial charge in [0.25, 0.3) is 5.91 Å². The van der Waals surface area contributed by atoms with E-state index >= 15 is 0 Å². The summed E-state index contributed by atoms with van der Waals surface area (Å²) in [7, 11) is 0. The molecular weight excluding hydrogens is 246 g/mol. The van der Waals surface area contributed by atoms with Gasteiger partial charge in [-0.05, 0) is 19.1 Å². The van der Waals surface area contributed by atoms with E-state index in [0.29, 0.717) is 5.57 Å². The Balaban J connectivity index is 2.95. The first-order valence-corrected chi connectivity index (χ1v) is 5.68. The summed E-state index contributed by atoms with van der Waals surface area (Å²) in [5.74, 6) is -0.995. The Morgan fingerprint density at radius 3 is 1.58 bits per heavy atom. The molecule has 3 amide bonds. The van der Waals surface area contributed by atoms with E-state index in [4.69, 9.17) is 0 Å². The minimum absolute atomic E-state index is 0.107. The van der Waals surface area contributed by atoms with Gasteiger partial charge in [-0.3, -0.25) is 14.4 Å². The van der Waals surface area contributed by atoms with Crippen molar-refractivity contribution >= 4 is 17.7 Å². The molecule has 0 saturated carbocycles. The van der Waals surface area contributed by atoms with Crippen molar-refractivity contribution in [3.05, 3.63) is 37.5 Å². The lowest BCUT2D eigenvalue weighted by Gasteiger charge is -2.41. The topological polar surface area (TPSA) is 60.9 Å². The van der Waals surface area contributed by atoms with Gasteiger partial charge < -0.3 is 14.7 Å². The minimum atomic E-state index is -0.346. The van der Waals surface area contributed by atoms with Gasteiger partial charge in [0.1, 0.15) is 0 Å². The average Bonchev–Trinajstić information content (AvgIpc) is 2.43. The van der Waals surface area contributed by atoms with Gasteiger partial charge in [0, 0.05) is 5.57 Å². The molecule has 0 aliphatic carbocycles. The van der Waals surface area contributed by atoms with E-state index in [1.165, 1.54) is 14.7 Å². The summed E-state index contributed by atoms with van der Waals surface area (Å²) >= 11 is 0. The molecule has 0 atom stereocenters. The first-order chi connectivity index (χ1) is 8.90. The van der Waals surface area contributed by atoms with Gasteiger partial charge in [0.15, 0.2) is 0 Å². The largest absolute Gasteiger partial charge is 0.303 e. The van der Waals surface area contributed by atoms with Crippen LogP contribution in [0.25, 0.3) is 0 Å². The van der Waals surface area contributed by atoms with Crippen LogP contribution in [0.1, 0.15) is 6.92 Å². The number of nitrogens with zero attached hydrogens (tertiary/aromatic N) is 3. The summed E-state index contributed by atoms with van der Waals surface area (Å²) < 4.78 is 0. The van der Waals surface area contributed by atoms with Gasteiger partial charge in [-0.2, -0.15) is 0 Å². The molecule has 1 saturated heterocycles. The fraction of sp³-hybridized carbons (Fsp3) is 0.308. The first kappa shape index (κ1) is 14.7. The minimum Gasteiger partial charge on any atom is -0.303 e. The second kappa shape index (κ2) is 5.99. The van der Waals surface area contributed by atoms with Crippen LogP contribution in [0, 0.1) is 0 Å².